The lowest BCUT2D eigenvalue weighted by atomic mass is 9.71. The third kappa shape index (κ3) is 4.75. The quantitative estimate of drug-likeness (QED) is 0.318. The van der Waals surface area contributed by atoms with Crippen molar-refractivity contribution in [1.82, 2.24) is 5.32 Å². The molecule has 0 amide bonds. The van der Waals surface area contributed by atoms with E-state index in [2.05, 4.69) is 5.32 Å². The van der Waals surface area contributed by atoms with Gasteiger partial charge in [0.25, 0.3) is 5.69 Å². The van der Waals surface area contributed by atoms with E-state index in [1.54, 1.807) is 19.2 Å². The smallest absolute Gasteiger partial charge is 0.337 e. The Morgan fingerprint density at radius 2 is 1.76 bits per heavy atom. The van der Waals surface area contributed by atoms with Gasteiger partial charge in [0, 0.05) is 47.4 Å². The van der Waals surface area contributed by atoms with Crippen LogP contribution in [0.5, 0.6) is 5.75 Å². The number of dihydropyridines is 1. The zero-order chi connectivity index (χ0) is 26.1. The molecule has 1 heterocycles. The van der Waals surface area contributed by atoms with Crippen molar-refractivity contribution >= 4 is 17.4 Å². The van der Waals surface area contributed by atoms with Crippen LogP contribution < -0.4 is 10.1 Å². The summed E-state index contributed by atoms with van der Waals surface area (Å²) in [5, 5.41) is 14.6. The number of Topliss-reactive ketones (excluding diaryl/α,β-unsaturated/α-hetero) is 1. The second-order valence-corrected chi connectivity index (χ2v) is 9.92. The maximum Gasteiger partial charge on any atom is 0.337 e. The van der Waals surface area contributed by atoms with Crippen molar-refractivity contribution in [2.45, 2.75) is 63.4 Å². The molecule has 8 heteroatoms. The summed E-state index contributed by atoms with van der Waals surface area (Å²) in [6, 6.07) is 13.8. The van der Waals surface area contributed by atoms with E-state index < -0.39 is 16.8 Å². The van der Waals surface area contributed by atoms with Crippen molar-refractivity contribution in [2.24, 2.45) is 0 Å². The summed E-state index contributed by atoms with van der Waals surface area (Å²) in [5.74, 6) is -0.498. The molecule has 1 aliphatic heterocycles. The summed E-state index contributed by atoms with van der Waals surface area (Å²) in [5.41, 5.74) is 3.90. The molecule has 1 N–H and O–H groups in total. The number of ketones is 1. The van der Waals surface area contributed by atoms with E-state index in [-0.39, 0.29) is 29.9 Å². The number of carbonyl (C=O) groups excluding carboxylic acids is 2. The molecule has 0 aromatic heterocycles. The van der Waals surface area contributed by atoms with Crippen LogP contribution in [-0.2, 0) is 14.3 Å². The molecule has 2 aliphatic carbocycles. The van der Waals surface area contributed by atoms with Gasteiger partial charge in [-0.2, -0.15) is 0 Å². The van der Waals surface area contributed by atoms with Crippen LogP contribution in [-0.4, -0.2) is 29.9 Å². The molecular weight excluding hydrogens is 472 g/mol. The van der Waals surface area contributed by atoms with Gasteiger partial charge in [0.05, 0.1) is 17.6 Å². The number of hydrogen-bond acceptors (Lipinski definition) is 7. The van der Waals surface area contributed by atoms with E-state index in [4.69, 9.17) is 9.47 Å². The Morgan fingerprint density at radius 1 is 1.05 bits per heavy atom. The van der Waals surface area contributed by atoms with Gasteiger partial charge in [0.2, 0.25) is 0 Å². The third-order valence-electron chi connectivity index (χ3n) is 7.64. The summed E-state index contributed by atoms with van der Waals surface area (Å²) < 4.78 is 11.4. The Morgan fingerprint density at radius 3 is 2.43 bits per heavy atom. The van der Waals surface area contributed by atoms with E-state index in [9.17, 15) is 19.7 Å². The molecule has 3 aliphatic rings. The number of nitrogens with one attached hydrogen (secondary N) is 1. The van der Waals surface area contributed by atoms with Gasteiger partial charge in [-0.15, -0.1) is 0 Å². The maximum absolute atomic E-state index is 13.8. The first-order valence-electron chi connectivity index (χ1n) is 12.7. The van der Waals surface area contributed by atoms with Crippen LogP contribution in [0.4, 0.5) is 5.69 Å². The Bertz CT molecular complexity index is 1300. The van der Waals surface area contributed by atoms with E-state index in [1.165, 1.54) is 12.1 Å². The zero-order valence-electron chi connectivity index (χ0n) is 21.0. The minimum Gasteiger partial charge on any atom is -0.496 e. The first-order valence-corrected chi connectivity index (χ1v) is 12.7. The van der Waals surface area contributed by atoms with E-state index in [0.717, 1.165) is 42.7 Å². The second kappa shape index (κ2) is 10.2. The maximum atomic E-state index is 13.8. The number of methoxy groups -OCH3 is 1. The van der Waals surface area contributed by atoms with Gasteiger partial charge in [0.15, 0.2) is 5.78 Å². The molecule has 2 aromatic carbocycles. The summed E-state index contributed by atoms with van der Waals surface area (Å²) in [4.78, 5) is 38.1. The SMILES string of the molecule is COc1ccccc1C1CC(=O)C2=C(C1)NC(C)=C(C(=O)OC1CCCC1)C2c1ccc([N+](=O)[O-])cc1. The number of nitro groups is 1. The number of rotatable bonds is 6. The molecule has 1 saturated carbocycles. The fourth-order valence-corrected chi connectivity index (χ4v) is 5.88. The van der Waals surface area contributed by atoms with Crippen LogP contribution in [0.25, 0.3) is 0 Å². The third-order valence-corrected chi connectivity index (χ3v) is 7.64. The van der Waals surface area contributed by atoms with Crippen LogP contribution in [0.3, 0.4) is 0 Å². The lowest BCUT2D eigenvalue weighted by Gasteiger charge is -2.37. The number of nitrogens with zero attached hydrogens (tertiary/aromatic N) is 1. The molecule has 2 unspecified atom stereocenters. The molecule has 8 nitrogen and oxygen atoms in total. The number of non-ortho nitro benzene ring substituents is 1. The zero-order valence-corrected chi connectivity index (χ0v) is 21.0. The monoisotopic (exact) mass is 502 g/mol. The number of ether oxygens (including phenoxy) is 2. The van der Waals surface area contributed by atoms with Crippen molar-refractivity contribution in [2.75, 3.05) is 7.11 Å². The fraction of sp³-hybridized carbons (Fsp3) is 0.379. The number of nitro benzene ring substituents is 1. The van der Waals surface area contributed by atoms with Gasteiger partial charge in [-0.1, -0.05) is 30.3 Å². The summed E-state index contributed by atoms with van der Waals surface area (Å²) in [7, 11) is 1.62. The molecule has 0 saturated heterocycles. The second-order valence-electron chi connectivity index (χ2n) is 9.92. The highest BCUT2D eigenvalue weighted by molar-refractivity contribution is 6.04. The van der Waals surface area contributed by atoms with Gasteiger partial charge in [-0.25, -0.2) is 4.79 Å². The van der Waals surface area contributed by atoms with Crippen molar-refractivity contribution < 1.29 is 24.0 Å². The molecule has 0 bridgehead atoms. The Kier molecular flexibility index (Phi) is 6.82. The molecule has 0 spiro atoms. The predicted molar refractivity (Wildman–Crippen MR) is 137 cm³/mol. The van der Waals surface area contributed by atoms with Crippen molar-refractivity contribution in [3.8, 4) is 5.75 Å². The number of allylic oxidation sites excluding steroid dienone is 3. The Hall–Kier alpha value is -3.94. The van der Waals surface area contributed by atoms with Gasteiger partial charge in [-0.3, -0.25) is 14.9 Å². The normalized spacial score (nSPS) is 21.9. The van der Waals surface area contributed by atoms with Gasteiger partial charge in [0.1, 0.15) is 11.9 Å². The Labute approximate surface area is 215 Å². The number of para-hydroxylation sites is 1. The summed E-state index contributed by atoms with van der Waals surface area (Å²) >= 11 is 0. The number of esters is 1. The van der Waals surface area contributed by atoms with Crippen LogP contribution in [0, 0.1) is 10.1 Å². The van der Waals surface area contributed by atoms with Crippen molar-refractivity contribution in [3.05, 3.63) is 92.3 Å². The fourth-order valence-electron chi connectivity index (χ4n) is 5.88. The summed E-state index contributed by atoms with van der Waals surface area (Å²) in [6.07, 6.45) is 4.44. The first kappa shape index (κ1) is 24.7. The lowest BCUT2D eigenvalue weighted by Crippen LogP contribution is -2.36. The highest BCUT2D eigenvalue weighted by Crippen LogP contribution is 2.47. The predicted octanol–water partition coefficient (Wildman–Crippen LogP) is 5.45. The van der Waals surface area contributed by atoms with Gasteiger partial charge < -0.3 is 14.8 Å². The topological polar surface area (TPSA) is 108 Å². The molecule has 192 valence electrons. The van der Waals surface area contributed by atoms with Crippen molar-refractivity contribution in [3.63, 3.8) is 0 Å². The van der Waals surface area contributed by atoms with Gasteiger partial charge >= 0.3 is 5.97 Å². The molecular formula is C29H30N2O6. The standard InChI is InChI=1S/C29H30N2O6/c1-17-26(29(33)37-21-7-3-4-8-21)27(18-11-13-20(14-12-18)31(34)35)28-23(30-17)15-19(16-24(28)32)22-9-5-6-10-25(22)36-2/h5-6,9-14,19,21,27,30H,3-4,7-8,15-16H2,1-2H3. The number of hydrogen-bond donors (Lipinski definition) is 1. The van der Waals surface area contributed by atoms with Gasteiger partial charge in [-0.05, 0) is 56.2 Å². The molecule has 1 fully saturated rings. The van der Waals surface area contributed by atoms with Crippen molar-refractivity contribution in [1.29, 1.82) is 0 Å². The highest BCUT2D eigenvalue weighted by Gasteiger charge is 2.42. The average Bonchev–Trinajstić information content (AvgIpc) is 3.40. The number of benzene rings is 2. The molecule has 0 radical (unpaired) electrons. The molecule has 2 aromatic rings. The largest absolute Gasteiger partial charge is 0.496 e. The minimum atomic E-state index is -0.655. The van der Waals surface area contributed by atoms with Crippen LogP contribution >= 0.6 is 0 Å². The molecule has 5 rings (SSSR count). The Balaban J connectivity index is 1.56. The summed E-state index contributed by atoms with van der Waals surface area (Å²) in [6.45, 7) is 1.82. The lowest BCUT2D eigenvalue weighted by molar-refractivity contribution is -0.384. The van der Waals surface area contributed by atoms with E-state index in [0.29, 0.717) is 28.8 Å². The van der Waals surface area contributed by atoms with E-state index in [1.807, 2.05) is 31.2 Å². The minimum absolute atomic E-state index is 0.0473. The van der Waals surface area contributed by atoms with Crippen LogP contribution in [0.1, 0.15) is 68.4 Å². The average molecular weight is 503 g/mol. The van der Waals surface area contributed by atoms with Crippen LogP contribution in [0.15, 0.2) is 71.1 Å². The molecule has 37 heavy (non-hydrogen) atoms. The number of carbonyl (C=O) groups is 2. The highest BCUT2D eigenvalue weighted by atomic mass is 16.6. The van der Waals surface area contributed by atoms with E-state index >= 15 is 0 Å². The van der Waals surface area contributed by atoms with Crippen LogP contribution in [0.2, 0.25) is 0 Å². The first-order chi connectivity index (χ1) is 17.9. The molecule has 2 atom stereocenters.